The van der Waals surface area contributed by atoms with Crippen molar-refractivity contribution in [2.75, 3.05) is 0 Å². The van der Waals surface area contributed by atoms with E-state index in [2.05, 4.69) is 194 Å². The summed E-state index contributed by atoms with van der Waals surface area (Å²) in [6, 6.07) is 70.5. The Hall–Kier alpha value is -6.96. The molecule has 1 heteroatoms. The molecular weight excluding hydrogens is 641 g/mol. The fourth-order valence-electron chi connectivity index (χ4n) is 8.41. The summed E-state index contributed by atoms with van der Waals surface area (Å²) >= 11 is 0. The molecule has 0 atom stereocenters. The second-order valence-electron chi connectivity index (χ2n) is 14.1. The van der Waals surface area contributed by atoms with Gasteiger partial charge in [-0.3, -0.25) is 0 Å². The SMILES string of the molecule is c1ccc2cc(-c3ccc(-c4ccc5oc6ccc(-c7ccc(-c8ccc9ccccc9c8)cc7)c7cccc(c8cccc4c58)c67)cc3)ccc2c1. The van der Waals surface area contributed by atoms with Crippen LogP contribution < -0.4 is 0 Å². The molecule has 1 nitrogen and oxygen atoms in total. The smallest absolute Gasteiger partial charge is 0.135 e. The lowest BCUT2D eigenvalue weighted by atomic mass is 9.92. The molecule has 10 aromatic carbocycles. The quantitative estimate of drug-likeness (QED) is 0.181. The van der Waals surface area contributed by atoms with Crippen molar-refractivity contribution in [3.63, 3.8) is 0 Å². The summed E-state index contributed by atoms with van der Waals surface area (Å²) in [4.78, 5) is 0. The maximum absolute atomic E-state index is 6.85. The fraction of sp³-hybridized carbons (Fsp3) is 0. The van der Waals surface area contributed by atoms with Gasteiger partial charge in [-0.05, 0) is 112 Å². The Morgan fingerprint density at radius 2 is 0.623 bits per heavy atom. The zero-order valence-electron chi connectivity index (χ0n) is 28.9. The van der Waals surface area contributed by atoms with Gasteiger partial charge in [0, 0.05) is 10.8 Å². The van der Waals surface area contributed by atoms with Crippen LogP contribution in [-0.4, -0.2) is 0 Å². The number of hydrogen-bond donors (Lipinski definition) is 0. The summed E-state index contributed by atoms with van der Waals surface area (Å²) in [5, 5.41) is 12.1. The van der Waals surface area contributed by atoms with E-state index in [0.29, 0.717) is 0 Å². The van der Waals surface area contributed by atoms with Gasteiger partial charge in [-0.25, -0.2) is 0 Å². The van der Waals surface area contributed by atoms with Crippen LogP contribution >= 0.6 is 0 Å². The van der Waals surface area contributed by atoms with Crippen LogP contribution in [0.15, 0.2) is 199 Å². The third-order valence-corrected chi connectivity index (χ3v) is 11.1. The summed E-state index contributed by atoms with van der Waals surface area (Å²) in [5.41, 5.74) is 11.4. The minimum Gasteiger partial charge on any atom is -0.456 e. The minimum atomic E-state index is 0.886. The normalized spacial score (nSPS) is 11.8. The van der Waals surface area contributed by atoms with Crippen molar-refractivity contribution in [1.29, 1.82) is 0 Å². The molecular formula is C52H32O. The first-order valence-corrected chi connectivity index (χ1v) is 18.2. The van der Waals surface area contributed by atoms with Gasteiger partial charge in [0.1, 0.15) is 11.2 Å². The summed E-state index contributed by atoms with van der Waals surface area (Å²) in [6.07, 6.45) is 0. The fourth-order valence-corrected chi connectivity index (χ4v) is 8.41. The molecule has 0 spiro atoms. The summed E-state index contributed by atoms with van der Waals surface area (Å²) < 4.78 is 6.85. The van der Waals surface area contributed by atoms with Gasteiger partial charge in [0.15, 0.2) is 0 Å². The topological polar surface area (TPSA) is 13.1 Å². The van der Waals surface area contributed by atoms with Crippen molar-refractivity contribution in [3.8, 4) is 44.5 Å². The number of rotatable bonds is 4. The summed E-state index contributed by atoms with van der Waals surface area (Å²) in [5.74, 6) is 0. The molecule has 0 aliphatic heterocycles. The van der Waals surface area contributed by atoms with Gasteiger partial charge in [-0.2, -0.15) is 0 Å². The van der Waals surface area contributed by atoms with E-state index in [1.165, 1.54) is 87.6 Å². The molecule has 246 valence electrons. The standard InChI is InChI=1S/C52H32O/c1-3-9-39-31-41(25-19-33(39)7-1)35-15-21-37(22-16-35)43-27-29-49-51-45(43)11-5-13-47(51)48-14-6-12-46-44(28-30-50(53-49)52(46)48)38-23-17-36(18-24-38)42-26-20-34-8-2-4-10-40(34)32-42/h1-32H. The van der Waals surface area contributed by atoms with Crippen molar-refractivity contribution in [3.05, 3.63) is 194 Å². The van der Waals surface area contributed by atoms with Crippen LogP contribution in [0.25, 0.3) is 110 Å². The number of fused-ring (bicyclic) bond motifs is 3. The summed E-state index contributed by atoms with van der Waals surface area (Å²) in [7, 11) is 0. The van der Waals surface area contributed by atoms with E-state index < -0.39 is 0 Å². The Balaban J connectivity index is 1.02. The van der Waals surface area contributed by atoms with Crippen LogP contribution in [-0.2, 0) is 0 Å². The zero-order valence-corrected chi connectivity index (χ0v) is 28.9. The minimum absolute atomic E-state index is 0.886. The number of hydrogen-bond acceptors (Lipinski definition) is 1. The van der Waals surface area contributed by atoms with Gasteiger partial charge >= 0.3 is 0 Å². The molecule has 11 aromatic rings. The lowest BCUT2D eigenvalue weighted by Gasteiger charge is -2.11. The first kappa shape index (κ1) is 29.7. The van der Waals surface area contributed by atoms with Crippen molar-refractivity contribution < 1.29 is 4.42 Å². The van der Waals surface area contributed by atoms with Gasteiger partial charge in [0.2, 0.25) is 0 Å². The van der Waals surface area contributed by atoms with Crippen molar-refractivity contribution >= 4 is 65.0 Å². The Labute approximate surface area is 307 Å². The molecule has 0 radical (unpaired) electrons. The molecule has 0 bridgehead atoms. The first-order valence-electron chi connectivity index (χ1n) is 18.2. The molecule has 0 fully saturated rings. The largest absolute Gasteiger partial charge is 0.456 e. The van der Waals surface area contributed by atoms with E-state index in [0.717, 1.165) is 21.9 Å². The van der Waals surface area contributed by atoms with Gasteiger partial charge in [-0.1, -0.05) is 170 Å². The maximum Gasteiger partial charge on any atom is 0.135 e. The first-order chi connectivity index (χ1) is 26.2. The molecule has 0 N–H and O–H groups in total. The lowest BCUT2D eigenvalue weighted by Crippen LogP contribution is -1.85. The highest BCUT2D eigenvalue weighted by molar-refractivity contribution is 6.26. The Kier molecular flexibility index (Phi) is 6.62. The zero-order chi connectivity index (χ0) is 34.9. The van der Waals surface area contributed by atoms with Crippen molar-refractivity contribution in [2.45, 2.75) is 0 Å². The number of benzene rings is 10. The molecule has 1 aromatic heterocycles. The van der Waals surface area contributed by atoms with Crippen molar-refractivity contribution in [2.24, 2.45) is 0 Å². The Morgan fingerprint density at radius 1 is 0.245 bits per heavy atom. The molecule has 0 aliphatic rings. The van der Waals surface area contributed by atoms with Gasteiger partial charge in [0.05, 0.1) is 0 Å². The average molecular weight is 673 g/mol. The molecule has 0 saturated carbocycles. The van der Waals surface area contributed by atoms with E-state index in [1.807, 2.05) is 0 Å². The second-order valence-corrected chi connectivity index (χ2v) is 14.1. The van der Waals surface area contributed by atoms with E-state index in [9.17, 15) is 0 Å². The van der Waals surface area contributed by atoms with E-state index in [4.69, 9.17) is 4.42 Å². The lowest BCUT2D eigenvalue weighted by molar-refractivity contribution is 0.664. The van der Waals surface area contributed by atoms with Gasteiger partial charge < -0.3 is 4.42 Å². The molecule has 0 aliphatic carbocycles. The van der Waals surface area contributed by atoms with Crippen LogP contribution in [0, 0.1) is 0 Å². The van der Waals surface area contributed by atoms with Crippen LogP contribution in [0.2, 0.25) is 0 Å². The Morgan fingerprint density at radius 3 is 1.08 bits per heavy atom. The highest BCUT2D eigenvalue weighted by atomic mass is 16.3. The van der Waals surface area contributed by atoms with Gasteiger partial charge in [-0.15, -0.1) is 0 Å². The van der Waals surface area contributed by atoms with Crippen LogP contribution in [0.4, 0.5) is 0 Å². The maximum atomic E-state index is 6.85. The highest BCUT2D eigenvalue weighted by Gasteiger charge is 2.16. The predicted molar refractivity (Wildman–Crippen MR) is 225 cm³/mol. The molecule has 0 unspecified atom stereocenters. The Bertz CT molecular complexity index is 2980. The average Bonchev–Trinajstić information content (AvgIpc) is 3.37. The van der Waals surface area contributed by atoms with Gasteiger partial charge in [0.25, 0.3) is 0 Å². The van der Waals surface area contributed by atoms with Crippen LogP contribution in [0.1, 0.15) is 0 Å². The van der Waals surface area contributed by atoms with E-state index in [-0.39, 0.29) is 0 Å². The molecule has 0 saturated heterocycles. The monoisotopic (exact) mass is 672 g/mol. The second kappa shape index (κ2) is 11.8. The highest BCUT2D eigenvalue weighted by Crippen LogP contribution is 2.42. The summed E-state index contributed by atoms with van der Waals surface area (Å²) in [6.45, 7) is 0. The van der Waals surface area contributed by atoms with Crippen molar-refractivity contribution in [1.82, 2.24) is 0 Å². The van der Waals surface area contributed by atoms with E-state index >= 15 is 0 Å². The molecule has 53 heavy (non-hydrogen) atoms. The van der Waals surface area contributed by atoms with E-state index in [1.54, 1.807) is 0 Å². The molecule has 11 rings (SSSR count). The third kappa shape index (κ3) is 4.86. The third-order valence-electron chi connectivity index (χ3n) is 11.1. The van der Waals surface area contributed by atoms with Crippen LogP contribution in [0.3, 0.4) is 0 Å². The van der Waals surface area contributed by atoms with Crippen LogP contribution in [0.5, 0.6) is 0 Å². The predicted octanol–water partition coefficient (Wildman–Crippen LogP) is 14.9. The molecule has 0 amide bonds. The molecule has 1 heterocycles.